The van der Waals surface area contributed by atoms with Crippen molar-refractivity contribution in [3.63, 3.8) is 0 Å². The topological polar surface area (TPSA) is 39.3 Å². The Bertz CT molecular complexity index is 699. The molecule has 2 N–H and O–H groups in total. The predicted molar refractivity (Wildman–Crippen MR) is 99.4 cm³/mol. The number of fused-ring (bicyclic) bond motifs is 1. The second kappa shape index (κ2) is 6.53. The van der Waals surface area contributed by atoms with Gasteiger partial charge in [0.2, 0.25) is 0 Å². The summed E-state index contributed by atoms with van der Waals surface area (Å²) < 4.78 is 0. The third-order valence-corrected chi connectivity index (χ3v) is 6.37. The van der Waals surface area contributed by atoms with Crippen LogP contribution in [0, 0.1) is 0 Å². The standard InChI is InChI=1S/C21H30N2O/c1-23-12-4-5-18(23)14-17-15-22-20-7-6-16(13-19(17)20)8-11-21(24)9-2-3-10-21/h6-7,13,15,18,22,24H,2-5,8-12,14H2,1H3. The minimum absolute atomic E-state index is 0.400. The molecule has 1 aromatic heterocycles. The molecule has 4 rings (SSSR count). The lowest BCUT2D eigenvalue weighted by Gasteiger charge is -2.22. The van der Waals surface area contributed by atoms with E-state index < -0.39 is 5.60 Å². The van der Waals surface area contributed by atoms with Crippen molar-refractivity contribution in [3.8, 4) is 0 Å². The van der Waals surface area contributed by atoms with Gasteiger partial charge in [0.1, 0.15) is 0 Å². The summed E-state index contributed by atoms with van der Waals surface area (Å²) in [7, 11) is 2.25. The Balaban J connectivity index is 1.50. The smallest absolute Gasteiger partial charge is 0.0651 e. The molecule has 2 heterocycles. The lowest BCUT2D eigenvalue weighted by Crippen LogP contribution is -2.26. The fraction of sp³-hybridized carbons (Fsp3) is 0.619. The van der Waals surface area contributed by atoms with E-state index in [0.717, 1.165) is 32.1 Å². The lowest BCUT2D eigenvalue weighted by atomic mass is 9.92. The molecule has 0 amide bonds. The molecule has 130 valence electrons. The van der Waals surface area contributed by atoms with Crippen LogP contribution in [-0.4, -0.2) is 40.2 Å². The number of aromatic nitrogens is 1. The number of likely N-dealkylation sites (tertiary alicyclic amines) is 1. The molecule has 2 fully saturated rings. The average molecular weight is 326 g/mol. The van der Waals surface area contributed by atoms with Crippen LogP contribution >= 0.6 is 0 Å². The Morgan fingerprint density at radius 1 is 1.25 bits per heavy atom. The quantitative estimate of drug-likeness (QED) is 0.870. The van der Waals surface area contributed by atoms with Crippen LogP contribution in [0.1, 0.15) is 56.1 Å². The van der Waals surface area contributed by atoms with Crippen molar-refractivity contribution in [1.29, 1.82) is 0 Å². The third-order valence-electron chi connectivity index (χ3n) is 6.37. The Hall–Kier alpha value is -1.32. The van der Waals surface area contributed by atoms with Gasteiger partial charge in [0, 0.05) is 23.1 Å². The highest BCUT2D eigenvalue weighted by atomic mass is 16.3. The fourth-order valence-electron chi connectivity index (χ4n) is 4.70. The lowest BCUT2D eigenvalue weighted by molar-refractivity contribution is 0.0391. The molecule has 1 aliphatic heterocycles. The van der Waals surface area contributed by atoms with E-state index in [1.807, 2.05) is 0 Å². The highest BCUT2D eigenvalue weighted by Crippen LogP contribution is 2.34. The zero-order chi connectivity index (χ0) is 16.6. The Morgan fingerprint density at radius 2 is 2.08 bits per heavy atom. The maximum absolute atomic E-state index is 10.6. The van der Waals surface area contributed by atoms with E-state index >= 15 is 0 Å². The first-order valence-electron chi connectivity index (χ1n) is 9.64. The molecule has 24 heavy (non-hydrogen) atoms. The van der Waals surface area contributed by atoms with Crippen LogP contribution in [0.3, 0.4) is 0 Å². The predicted octanol–water partition coefficient (Wildman–Crippen LogP) is 4.04. The number of aliphatic hydroxyl groups is 1. The SMILES string of the molecule is CN1CCCC1Cc1c[nH]c2ccc(CCC3(O)CCCC3)cc12. The van der Waals surface area contributed by atoms with Gasteiger partial charge in [-0.2, -0.15) is 0 Å². The molecule has 0 spiro atoms. The van der Waals surface area contributed by atoms with Crippen molar-refractivity contribution < 1.29 is 5.11 Å². The first-order valence-corrected chi connectivity index (χ1v) is 9.64. The fourth-order valence-corrected chi connectivity index (χ4v) is 4.70. The van der Waals surface area contributed by atoms with E-state index in [2.05, 4.69) is 41.3 Å². The van der Waals surface area contributed by atoms with E-state index in [4.69, 9.17) is 0 Å². The summed E-state index contributed by atoms with van der Waals surface area (Å²) in [6, 6.07) is 7.48. The number of hydrogen-bond donors (Lipinski definition) is 2. The van der Waals surface area contributed by atoms with Gasteiger partial charge in [-0.05, 0) is 81.8 Å². The molecule has 0 bridgehead atoms. The van der Waals surface area contributed by atoms with Crippen LogP contribution in [-0.2, 0) is 12.8 Å². The van der Waals surface area contributed by atoms with Crippen LogP contribution in [0.4, 0.5) is 0 Å². The van der Waals surface area contributed by atoms with E-state index in [1.165, 1.54) is 54.3 Å². The van der Waals surface area contributed by atoms with Gasteiger partial charge in [0.25, 0.3) is 0 Å². The summed E-state index contributed by atoms with van der Waals surface area (Å²) in [5, 5.41) is 12.0. The van der Waals surface area contributed by atoms with Crippen LogP contribution in [0.25, 0.3) is 10.9 Å². The Morgan fingerprint density at radius 3 is 2.83 bits per heavy atom. The van der Waals surface area contributed by atoms with Gasteiger partial charge in [0.05, 0.1) is 5.60 Å². The largest absolute Gasteiger partial charge is 0.390 e. The summed E-state index contributed by atoms with van der Waals surface area (Å²) in [4.78, 5) is 5.94. The molecule has 3 nitrogen and oxygen atoms in total. The molecule has 2 aliphatic rings. The number of aryl methyl sites for hydroxylation is 1. The molecular weight excluding hydrogens is 296 g/mol. The number of rotatable bonds is 5. The number of nitrogens with one attached hydrogen (secondary N) is 1. The minimum atomic E-state index is -0.400. The second-order valence-corrected chi connectivity index (χ2v) is 8.11. The van der Waals surface area contributed by atoms with Crippen LogP contribution in [0.15, 0.2) is 24.4 Å². The van der Waals surface area contributed by atoms with Gasteiger partial charge in [-0.1, -0.05) is 18.9 Å². The maximum Gasteiger partial charge on any atom is 0.0651 e. The molecular formula is C21H30N2O. The molecule has 2 aromatic rings. The molecule has 1 unspecified atom stereocenters. The molecule has 1 aliphatic carbocycles. The summed E-state index contributed by atoms with van der Waals surface area (Å²) in [6.45, 7) is 1.23. The Labute approximate surface area is 145 Å². The highest BCUT2D eigenvalue weighted by molar-refractivity contribution is 5.84. The van der Waals surface area contributed by atoms with Gasteiger partial charge in [0.15, 0.2) is 0 Å². The molecule has 1 atom stereocenters. The van der Waals surface area contributed by atoms with Crippen molar-refractivity contribution in [1.82, 2.24) is 9.88 Å². The third kappa shape index (κ3) is 3.25. The first-order chi connectivity index (χ1) is 11.6. The van der Waals surface area contributed by atoms with E-state index in [0.29, 0.717) is 6.04 Å². The van der Waals surface area contributed by atoms with Crippen molar-refractivity contribution in [2.75, 3.05) is 13.6 Å². The minimum Gasteiger partial charge on any atom is -0.390 e. The average Bonchev–Trinajstić information content (AvgIpc) is 3.29. The van der Waals surface area contributed by atoms with Crippen LogP contribution in [0.5, 0.6) is 0 Å². The maximum atomic E-state index is 10.6. The number of benzene rings is 1. The van der Waals surface area contributed by atoms with E-state index in [9.17, 15) is 5.11 Å². The highest BCUT2D eigenvalue weighted by Gasteiger charge is 2.30. The molecule has 1 saturated carbocycles. The molecule has 3 heteroatoms. The zero-order valence-electron chi connectivity index (χ0n) is 14.9. The normalized spacial score (nSPS) is 24.2. The van der Waals surface area contributed by atoms with Gasteiger partial charge in [-0.25, -0.2) is 0 Å². The van der Waals surface area contributed by atoms with Crippen molar-refractivity contribution in [2.24, 2.45) is 0 Å². The second-order valence-electron chi connectivity index (χ2n) is 8.11. The van der Waals surface area contributed by atoms with E-state index in [-0.39, 0.29) is 0 Å². The van der Waals surface area contributed by atoms with Gasteiger partial charge in [-0.15, -0.1) is 0 Å². The summed E-state index contributed by atoms with van der Waals surface area (Å²) >= 11 is 0. The number of nitrogens with zero attached hydrogens (tertiary/aromatic N) is 1. The van der Waals surface area contributed by atoms with Gasteiger partial charge < -0.3 is 15.0 Å². The van der Waals surface area contributed by atoms with E-state index in [1.54, 1.807) is 0 Å². The number of hydrogen-bond acceptors (Lipinski definition) is 2. The molecule has 1 saturated heterocycles. The van der Waals surface area contributed by atoms with Crippen molar-refractivity contribution in [3.05, 3.63) is 35.5 Å². The van der Waals surface area contributed by atoms with Crippen LogP contribution in [0.2, 0.25) is 0 Å². The Kier molecular flexibility index (Phi) is 4.40. The van der Waals surface area contributed by atoms with Crippen molar-refractivity contribution >= 4 is 10.9 Å². The number of H-pyrrole nitrogens is 1. The summed E-state index contributed by atoms with van der Waals surface area (Å²) in [5.74, 6) is 0. The number of likely N-dealkylation sites (N-methyl/N-ethyl adjacent to an activating group) is 1. The van der Waals surface area contributed by atoms with Gasteiger partial charge >= 0.3 is 0 Å². The molecule has 0 radical (unpaired) electrons. The first kappa shape index (κ1) is 16.2. The molecule has 1 aromatic carbocycles. The van der Waals surface area contributed by atoms with Gasteiger partial charge in [-0.3, -0.25) is 0 Å². The zero-order valence-corrected chi connectivity index (χ0v) is 14.9. The number of aromatic amines is 1. The monoisotopic (exact) mass is 326 g/mol. The van der Waals surface area contributed by atoms with Crippen LogP contribution < -0.4 is 0 Å². The van der Waals surface area contributed by atoms with Crippen molar-refractivity contribution in [2.45, 2.75) is 69.4 Å². The summed E-state index contributed by atoms with van der Waals surface area (Å²) in [5.41, 5.74) is 3.66. The summed E-state index contributed by atoms with van der Waals surface area (Å²) in [6.07, 6.45) is 12.2.